The van der Waals surface area contributed by atoms with Gasteiger partial charge in [-0.05, 0) is 31.0 Å². The van der Waals surface area contributed by atoms with Crippen molar-refractivity contribution >= 4 is 21.9 Å². The van der Waals surface area contributed by atoms with E-state index in [1.165, 1.54) is 0 Å². The Morgan fingerprint density at radius 1 is 1.50 bits per heavy atom. The summed E-state index contributed by atoms with van der Waals surface area (Å²) in [6, 6.07) is 4.92. The summed E-state index contributed by atoms with van der Waals surface area (Å²) in [5.74, 6) is -0.941. The van der Waals surface area contributed by atoms with Crippen LogP contribution in [-0.2, 0) is 6.54 Å². The largest absolute Gasteiger partial charge is 0.478 e. The van der Waals surface area contributed by atoms with E-state index in [0.717, 1.165) is 10.0 Å². The molecule has 0 amide bonds. The number of aromatic carboxylic acids is 1. The second kappa shape index (κ2) is 6.31. The average molecular weight is 316 g/mol. The van der Waals surface area contributed by atoms with E-state index in [4.69, 9.17) is 5.11 Å². The van der Waals surface area contributed by atoms with Gasteiger partial charge in [-0.1, -0.05) is 28.9 Å². The number of hydrogen-bond acceptors (Lipinski definition) is 3. The van der Waals surface area contributed by atoms with Gasteiger partial charge in [0, 0.05) is 17.6 Å². The van der Waals surface area contributed by atoms with Crippen LogP contribution in [0.25, 0.3) is 0 Å². The first-order valence-electron chi connectivity index (χ1n) is 5.80. The Hall–Kier alpha value is -0.910. The number of hydrogen-bond donors (Lipinski definition) is 3. The van der Waals surface area contributed by atoms with Crippen LogP contribution >= 0.6 is 15.9 Å². The molecule has 0 spiro atoms. The highest BCUT2D eigenvalue weighted by molar-refractivity contribution is 9.10. The van der Waals surface area contributed by atoms with Gasteiger partial charge in [0.05, 0.1) is 11.2 Å². The van der Waals surface area contributed by atoms with Crippen LogP contribution in [0.15, 0.2) is 22.7 Å². The summed E-state index contributed by atoms with van der Waals surface area (Å²) in [5.41, 5.74) is 0.506. The van der Waals surface area contributed by atoms with Crippen molar-refractivity contribution in [2.45, 2.75) is 32.4 Å². The second-order valence-corrected chi connectivity index (χ2v) is 5.42. The molecule has 1 aromatic rings. The average Bonchev–Trinajstić information content (AvgIpc) is 2.31. The highest BCUT2D eigenvalue weighted by atomic mass is 79.9. The van der Waals surface area contributed by atoms with E-state index in [2.05, 4.69) is 21.2 Å². The molecular formula is C13H18BrNO3. The van der Waals surface area contributed by atoms with E-state index >= 15 is 0 Å². The molecule has 1 unspecified atom stereocenters. The third-order valence-corrected chi connectivity index (χ3v) is 3.62. The molecule has 0 saturated carbocycles. The molecule has 0 aliphatic heterocycles. The Labute approximate surface area is 115 Å². The maximum Gasteiger partial charge on any atom is 0.335 e. The maximum atomic E-state index is 10.8. The third-order valence-electron chi connectivity index (χ3n) is 2.88. The molecule has 100 valence electrons. The summed E-state index contributed by atoms with van der Waals surface area (Å²) in [6.45, 7) is 4.79. The summed E-state index contributed by atoms with van der Waals surface area (Å²) in [4.78, 5) is 10.8. The molecule has 18 heavy (non-hydrogen) atoms. The van der Waals surface area contributed by atoms with Gasteiger partial charge in [-0.3, -0.25) is 0 Å². The molecular weight excluding hydrogens is 298 g/mol. The number of carboxylic acid groups (broad SMARTS) is 1. The fourth-order valence-electron chi connectivity index (χ4n) is 1.42. The van der Waals surface area contributed by atoms with E-state index < -0.39 is 11.6 Å². The summed E-state index contributed by atoms with van der Waals surface area (Å²) in [6.07, 6.45) is 0.680. The van der Waals surface area contributed by atoms with Crippen LogP contribution in [0.4, 0.5) is 0 Å². The Kier molecular flexibility index (Phi) is 5.31. The number of benzene rings is 1. The zero-order chi connectivity index (χ0) is 13.8. The van der Waals surface area contributed by atoms with Crippen molar-refractivity contribution in [2.75, 3.05) is 6.54 Å². The molecule has 4 nitrogen and oxygen atoms in total. The zero-order valence-corrected chi connectivity index (χ0v) is 12.1. The first-order valence-corrected chi connectivity index (χ1v) is 6.60. The van der Waals surface area contributed by atoms with Gasteiger partial charge in [-0.15, -0.1) is 0 Å². The lowest BCUT2D eigenvalue weighted by Gasteiger charge is -2.21. The predicted molar refractivity (Wildman–Crippen MR) is 73.7 cm³/mol. The van der Waals surface area contributed by atoms with Gasteiger partial charge in [0.25, 0.3) is 0 Å². The van der Waals surface area contributed by atoms with E-state index in [1.807, 2.05) is 6.92 Å². The topological polar surface area (TPSA) is 69.6 Å². The van der Waals surface area contributed by atoms with E-state index in [1.54, 1.807) is 25.1 Å². The molecule has 0 aliphatic carbocycles. The van der Waals surface area contributed by atoms with E-state index in [9.17, 15) is 9.90 Å². The van der Waals surface area contributed by atoms with Crippen molar-refractivity contribution in [3.8, 4) is 0 Å². The molecule has 1 atom stereocenters. The number of aliphatic hydroxyl groups is 1. The number of rotatable bonds is 6. The van der Waals surface area contributed by atoms with E-state index in [0.29, 0.717) is 19.5 Å². The van der Waals surface area contributed by atoms with Crippen LogP contribution in [0.3, 0.4) is 0 Å². The lowest BCUT2D eigenvalue weighted by molar-refractivity contribution is 0.0555. The van der Waals surface area contributed by atoms with Crippen LogP contribution in [0.2, 0.25) is 0 Å². The molecule has 0 radical (unpaired) electrons. The monoisotopic (exact) mass is 315 g/mol. The summed E-state index contributed by atoms with van der Waals surface area (Å²) >= 11 is 3.35. The van der Waals surface area contributed by atoms with E-state index in [-0.39, 0.29) is 5.56 Å². The summed E-state index contributed by atoms with van der Waals surface area (Å²) in [7, 11) is 0. The second-order valence-electron chi connectivity index (χ2n) is 4.57. The molecule has 5 heteroatoms. The van der Waals surface area contributed by atoms with Crippen molar-refractivity contribution < 1.29 is 15.0 Å². The zero-order valence-electron chi connectivity index (χ0n) is 10.5. The highest BCUT2D eigenvalue weighted by Gasteiger charge is 2.16. The van der Waals surface area contributed by atoms with Gasteiger partial charge >= 0.3 is 5.97 Å². The SMILES string of the molecule is CCC(C)(O)CNCc1ccc(C(=O)O)cc1Br. The first kappa shape index (κ1) is 15.1. The first-order chi connectivity index (χ1) is 8.35. The Morgan fingerprint density at radius 3 is 2.67 bits per heavy atom. The Morgan fingerprint density at radius 2 is 2.17 bits per heavy atom. The normalized spacial score (nSPS) is 14.2. The van der Waals surface area contributed by atoms with Gasteiger partial charge in [-0.25, -0.2) is 4.79 Å². The van der Waals surface area contributed by atoms with Crippen LogP contribution in [0.5, 0.6) is 0 Å². The molecule has 1 rings (SSSR count). The van der Waals surface area contributed by atoms with Crippen molar-refractivity contribution in [3.63, 3.8) is 0 Å². The number of carbonyl (C=O) groups is 1. The van der Waals surface area contributed by atoms with Crippen molar-refractivity contribution in [2.24, 2.45) is 0 Å². The molecule has 3 N–H and O–H groups in total. The minimum Gasteiger partial charge on any atom is -0.478 e. The fraction of sp³-hybridized carbons (Fsp3) is 0.462. The van der Waals surface area contributed by atoms with Crippen LogP contribution < -0.4 is 5.32 Å². The van der Waals surface area contributed by atoms with Crippen molar-refractivity contribution in [1.82, 2.24) is 5.32 Å². The maximum absolute atomic E-state index is 10.8. The van der Waals surface area contributed by atoms with Gasteiger partial charge in [0.15, 0.2) is 0 Å². The number of nitrogens with one attached hydrogen (secondary N) is 1. The standard InChI is InChI=1S/C13H18BrNO3/c1-3-13(2,18)8-15-7-10-5-4-9(12(16)17)6-11(10)14/h4-6,15,18H,3,7-8H2,1-2H3,(H,16,17). The predicted octanol–water partition coefficient (Wildman–Crippen LogP) is 2.40. The number of carboxylic acids is 1. The molecule has 0 fully saturated rings. The van der Waals surface area contributed by atoms with Gasteiger partial charge < -0.3 is 15.5 Å². The molecule has 0 aromatic heterocycles. The summed E-state index contributed by atoms with van der Waals surface area (Å²) in [5, 5.41) is 21.8. The molecule has 1 aromatic carbocycles. The smallest absolute Gasteiger partial charge is 0.335 e. The lowest BCUT2D eigenvalue weighted by Crippen LogP contribution is -2.36. The van der Waals surface area contributed by atoms with Crippen molar-refractivity contribution in [1.29, 1.82) is 0 Å². The molecule has 0 bridgehead atoms. The highest BCUT2D eigenvalue weighted by Crippen LogP contribution is 2.19. The number of halogens is 1. The third kappa shape index (κ3) is 4.40. The fourth-order valence-corrected chi connectivity index (χ4v) is 1.93. The van der Waals surface area contributed by atoms with Gasteiger partial charge in [0.2, 0.25) is 0 Å². The molecule has 0 aliphatic rings. The van der Waals surface area contributed by atoms with Crippen LogP contribution in [-0.4, -0.2) is 28.3 Å². The van der Waals surface area contributed by atoms with Crippen LogP contribution in [0.1, 0.15) is 36.2 Å². The Balaban J connectivity index is 2.61. The molecule has 0 heterocycles. The van der Waals surface area contributed by atoms with Crippen molar-refractivity contribution in [3.05, 3.63) is 33.8 Å². The lowest BCUT2D eigenvalue weighted by atomic mass is 10.0. The summed E-state index contributed by atoms with van der Waals surface area (Å²) < 4.78 is 0.756. The van der Waals surface area contributed by atoms with Crippen LogP contribution in [0, 0.1) is 0 Å². The minimum atomic E-state index is -0.941. The van der Waals surface area contributed by atoms with Gasteiger partial charge in [0.1, 0.15) is 0 Å². The van der Waals surface area contributed by atoms with Gasteiger partial charge in [-0.2, -0.15) is 0 Å². The minimum absolute atomic E-state index is 0.256. The quantitative estimate of drug-likeness (QED) is 0.754. The molecule has 0 saturated heterocycles. The Bertz CT molecular complexity index is 432.